The van der Waals surface area contributed by atoms with Gasteiger partial charge in [0.1, 0.15) is 15.9 Å². The molecule has 1 fully saturated rings. The number of benzene rings is 1. The molecule has 6 heteroatoms. The van der Waals surface area contributed by atoms with Crippen LogP contribution in [0.15, 0.2) is 47.7 Å². The zero-order valence-electron chi connectivity index (χ0n) is 13.7. The van der Waals surface area contributed by atoms with E-state index in [1.807, 2.05) is 37.3 Å². The maximum Gasteiger partial charge on any atom is 0.275 e. The lowest BCUT2D eigenvalue weighted by Crippen LogP contribution is -2.17. The van der Waals surface area contributed by atoms with Gasteiger partial charge in [0.2, 0.25) is 0 Å². The van der Waals surface area contributed by atoms with Crippen LogP contribution in [0.3, 0.4) is 0 Å². The molecule has 5 rings (SSSR count). The molecule has 0 atom stereocenters. The highest BCUT2D eigenvalue weighted by Crippen LogP contribution is 2.36. The molecular formula is C19H16N4OS. The molecule has 5 nitrogen and oxygen atoms in total. The van der Waals surface area contributed by atoms with E-state index in [1.165, 1.54) is 24.2 Å². The summed E-state index contributed by atoms with van der Waals surface area (Å²) in [5, 5.41) is 4.49. The fourth-order valence-electron chi connectivity index (χ4n) is 3.01. The molecule has 1 saturated carbocycles. The van der Waals surface area contributed by atoms with Crippen LogP contribution in [0.1, 0.15) is 18.4 Å². The molecule has 4 aromatic rings. The van der Waals surface area contributed by atoms with Crippen LogP contribution in [0, 0.1) is 6.92 Å². The van der Waals surface area contributed by atoms with E-state index in [-0.39, 0.29) is 5.56 Å². The van der Waals surface area contributed by atoms with Crippen LogP contribution < -0.4 is 10.9 Å². The van der Waals surface area contributed by atoms with Gasteiger partial charge in [-0.2, -0.15) is 0 Å². The third-order valence-corrected chi connectivity index (χ3v) is 5.61. The van der Waals surface area contributed by atoms with E-state index in [1.54, 1.807) is 17.1 Å². The van der Waals surface area contributed by atoms with Crippen LogP contribution in [0.2, 0.25) is 0 Å². The molecule has 0 bridgehead atoms. The third kappa shape index (κ3) is 2.41. The van der Waals surface area contributed by atoms with Gasteiger partial charge in [-0.1, -0.05) is 17.7 Å². The van der Waals surface area contributed by atoms with Crippen molar-refractivity contribution in [2.75, 3.05) is 5.32 Å². The molecular weight excluding hydrogens is 332 g/mol. The third-order valence-electron chi connectivity index (χ3n) is 4.53. The van der Waals surface area contributed by atoms with Crippen molar-refractivity contribution in [2.45, 2.75) is 25.8 Å². The summed E-state index contributed by atoms with van der Waals surface area (Å²) in [6, 6.07) is 10.4. The van der Waals surface area contributed by atoms with Crippen molar-refractivity contribution in [3.63, 3.8) is 0 Å². The number of aryl methyl sites for hydroxylation is 1. The van der Waals surface area contributed by atoms with Gasteiger partial charge in [0.25, 0.3) is 5.56 Å². The van der Waals surface area contributed by atoms with Crippen molar-refractivity contribution in [2.24, 2.45) is 0 Å². The Balaban J connectivity index is 1.74. The molecule has 3 heterocycles. The number of fused-ring (bicyclic) bond motifs is 3. The molecule has 3 aromatic heterocycles. The van der Waals surface area contributed by atoms with Crippen LogP contribution in [0.5, 0.6) is 0 Å². The molecule has 1 N–H and O–H groups in total. The maximum atomic E-state index is 13.0. The summed E-state index contributed by atoms with van der Waals surface area (Å²) in [6.07, 6.45) is 5.80. The van der Waals surface area contributed by atoms with Crippen molar-refractivity contribution in [1.29, 1.82) is 0 Å². The second-order valence-electron chi connectivity index (χ2n) is 6.49. The summed E-state index contributed by atoms with van der Waals surface area (Å²) < 4.78 is 2.25. The van der Waals surface area contributed by atoms with Gasteiger partial charge in [-0.15, -0.1) is 11.3 Å². The second kappa shape index (κ2) is 5.39. The SMILES string of the molecule is Cc1ccc(-n2cnc3c(sc4nccc(NC5CC5)c43)c2=O)cc1. The van der Waals surface area contributed by atoms with Crippen molar-refractivity contribution in [1.82, 2.24) is 14.5 Å². The zero-order chi connectivity index (χ0) is 17.0. The highest BCUT2D eigenvalue weighted by Gasteiger charge is 2.23. The van der Waals surface area contributed by atoms with Crippen molar-refractivity contribution >= 4 is 37.5 Å². The van der Waals surface area contributed by atoms with Gasteiger partial charge in [0.05, 0.1) is 16.6 Å². The van der Waals surface area contributed by atoms with E-state index in [4.69, 9.17) is 0 Å². The minimum atomic E-state index is -0.0470. The van der Waals surface area contributed by atoms with Crippen LogP contribution in [-0.2, 0) is 0 Å². The summed E-state index contributed by atoms with van der Waals surface area (Å²) in [4.78, 5) is 22.9. The summed E-state index contributed by atoms with van der Waals surface area (Å²) in [5.41, 5.74) is 3.71. The Kier molecular flexibility index (Phi) is 3.15. The van der Waals surface area contributed by atoms with Crippen LogP contribution in [-0.4, -0.2) is 20.6 Å². The Morgan fingerprint density at radius 2 is 1.96 bits per heavy atom. The molecule has 0 spiro atoms. The van der Waals surface area contributed by atoms with Crippen molar-refractivity contribution in [3.8, 4) is 5.69 Å². The quantitative estimate of drug-likeness (QED) is 0.610. The first-order valence-corrected chi connectivity index (χ1v) is 9.15. The molecule has 0 aliphatic heterocycles. The summed E-state index contributed by atoms with van der Waals surface area (Å²) in [5.74, 6) is 0. The van der Waals surface area contributed by atoms with Crippen LogP contribution >= 0.6 is 11.3 Å². The Morgan fingerprint density at radius 3 is 2.72 bits per heavy atom. The van der Waals surface area contributed by atoms with Gasteiger partial charge < -0.3 is 5.32 Å². The zero-order valence-corrected chi connectivity index (χ0v) is 14.5. The maximum absolute atomic E-state index is 13.0. The molecule has 1 aliphatic rings. The van der Waals surface area contributed by atoms with Gasteiger partial charge in [0.15, 0.2) is 0 Å². The lowest BCUT2D eigenvalue weighted by atomic mass is 10.2. The van der Waals surface area contributed by atoms with Crippen molar-refractivity contribution in [3.05, 3.63) is 58.8 Å². The lowest BCUT2D eigenvalue weighted by Gasteiger charge is -2.07. The Hall–Kier alpha value is -2.73. The molecule has 1 aromatic carbocycles. The largest absolute Gasteiger partial charge is 0.382 e. The number of rotatable bonds is 3. The van der Waals surface area contributed by atoms with Crippen LogP contribution in [0.4, 0.5) is 5.69 Å². The number of hydrogen-bond acceptors (Lipinski definition) is 5. The number of pyridine rings is 1. The summed E-state index contributed by atoms with van der Waals surface area (Å²) >= 11 is 1.41. The number of thiophene rings is 1. The van der Waals surface area contributed by atoms with E-state index in [0.717, 1.165) is 32.7 Å². The first-order chi connectivity index (χ1) is 12.2. The van der Waals surface area contributed by atoms with Gasteiger partial charge in [-0.05, 0) is 38.0 Å². The highest BCUT2D eigenvalue weighted by molar-refractivity contribution is 7.25. The van der Waals surface area contributed by atoms with E-state index in [9.17, 15) is 4.79 Å². The fourth-order valence-corrected chi connectivity index (χ4v) is 4.06. The summed E-state index contributed by atoms with van der Waals surface area (Å²) in [6.45, 7) is 2.03. The first-order valence-electron chi connectivity index (χ1n) is 8.33. The number of nitrogens with zero attached hydrogens (tertiary/aromatic N) is 3. The molecule has 0 unspecified atom stereocenters. The first kappa shape index (κ1) is 14.6. The number of nitrogens with one attached hydrogen (secondary N) is 1. The van der Waals surface area contributed by atoms with E-state index in [2.05, 4.69) is 15.3 Å². The minimum absolute atomic E-state index is 0.0470. The topological polar surface area (TPSA) is 59.8 Å². The minimum Gasteiger partial charge on any atom is -0.382 e. The smallest absolute Gasteiger partial charge is 0.275 e. The molecule has 1 aliphatic carbocycles. The average molecular weight is 348 g/mol. The highest BCUT2D eigenvalue weighted by atomic mass is 32.1. The van der Waals surface area contributed by atoms with Crippen molar-refractivity contribution < 1.29 is 0 Å². The number of aromatic nitrogens is 3. The molecule has 0 amide bonds. The molecule has 0 saturated heterocycles. The molecule has 25 heavy (non-hydrogen) atoms. The number of anilines is 1. The normalized spacial score (nSPS) is 14.3. The van der Waals surface area contributed by atoms with Gasteiger partial charge >= 0.3 is 0 Å². The van der Waals surface area contributed by atoms with Gasteiger partial charge in [-0.3, -0.25) is 9.36 Å². The van der Waals surface area contributed by atoms with E-state index < -0.39 is 0 Å². The van der Waals surface area contributed by atoms with E-state index >= 15 is 0 Å². The predicted molar refractivity (Wildman–Crippen MR) is 102 cm³/mol. The predicted octanol–water partition coefficient (Wildman–Crippen LogP) is 3.88. The molecule has 0 radical (unpaired) electrons. The standard InChI is InChI=1S/C19H16N4OS/c1-11-2-6-13(7-3-11)23-10-21-16-15-14(22-12-4-5-12)8-9-20-18(15)25-17(16)19(23)24/h2-3,6-10,12H,4-5H2,1H3,(H,20,22). The average Bonchev–Trinajstić information content (AvgIpc) is 3.34. The van der Waals surface area contributed by atoms with Crippen LogP contribution in [0.25, 0.3) is 26.1 Å². The lowest BCUT2D eigenvalue weighted by molar-refractivity contribution is 0.966. The Bertz CT molecular complexity index is 1160. The van der Waals surface area contributed by atoms with Gasteiger partial charge in [-0.25, -0.2) is 9.97 Å². The monoisotopic (exact) mass is 348 g/mol. The van der Waals surface area contributed by atoms with Gasteiger partial charge in [0, 0.05) is 17.9 Å². The Morgan fingerprint density at radius 1 is 1.16 bits per heavy atom. The molecule has 124 valence electrons. The summed E-state index contributed by atoms with van der Waals surface area (Å²) in [7, 11) is 0. The fraction of sp³-hybridized carbons (Fsp3) is 0.211. The Labute approximate surface area is 148 Å². The van der Waals surface area contributed by atoms with E-state index in [0.29, 0.717) is 10.7 Å². The second-order valence-corrected chi connectivity index (χ2v) is 7.49. The number of hydrogen-bond donors (Lipinski definition) is 1.